The molecule has 0 saturated carbocycles. The van der Waals surface area contributed by atoms with E-state index in [1.54, 1.807) is 25.1 Å². The average molecular weight is 379 g/mol. The van der Waals surface area contributed by atoms with E-state index in [0.717, 1.165) is 6.20 Å². The minimum absolute atomic E-state index is 0.112. The molecule has 0 aliphatic heterocycles. The van der Waals surface area contributed by atoms with Gasteiger partial charge in [0.15, 0.2) is 23.1 Å². The predicted octanol–water partition coefficient (Wildman–Crippen LogP) is 5.43. The van der Waals surface area contributed by atoms with Crippen molar-refractivity contribution < 1.29 is 26.7 Å². The molecule has 9 heteroatoms. The molecule has 0 saturated heterocycles. The van der Waals surface area contributed by atoms with E-state index in [9.17, 15) is 22.0 Å². The van der Waals surface area contributed by atoms with Crippen molar-refractivity contribution in [2.24, 2.45) is 0 Å². The van der Waals surface area contributed by atoms with E-state index >= 15 is 0 Å². The van der Waals surface area contributed by atoms with Gasteiger partial charge in [-0.15, -0.1) is 0 Å². The first-order valence-electron chi connectivity index (χ1n) is 7.28. The summed E-state index contributed by atoms with van der Waals surface area (Å²) in [5.74, 6) is -4.18. The van der Waals surface area contributed by atoms with Gasteiger partial charge in [-0.25, -0.2) is 8.78 Å². The van der Waals surface area contributed by atoms with Crippen LogP contribution in [0.15, 0.2) is 42.1 Å². The smallest absolute Gasteiger partial charge is 0.416 e. The summed E-state index contributed by atoms with van der Waals surface area (Å²) >= 11 is 0. The van der Waals surface area contributed by atoms with Gasteiger partial charge in [0.25, 0.3) is 0 Å². The maximum absolute atomic E-state index is 14.0. The fourth-order valence-corrected chi connectivity index (χ4v) is 2.08. The number of halogens is 5. The van der Waals surface area contributed by atoms with E-state index in [0.29, 0.717) is 5.56 Å². The number of alkyl halides is 3. The first-order chi connectivity index (χ1) is 12.7. The molecule has 0 amide bonds. The summed E-state index contributed by atoms with van der Waals surface area (Å²) in [6.45, 7) is 1.61. The molecule has 27 heavy (non-hydrogen) atoms. The Kier molecular flexibility index (Phi) is 5.66. The largest absolute Gasteiger partial charge is 0.449 e. The topological polar surface area (TPSA) is 68.8 Å². The van der Waals surface area contributed by atoms with Crippen LogP contribution in [0.25, 0.3) is 0 Å². The van der Waals surface area contributed by atoms with Gasteiger partial charge in [-0.2, -0.15) is 23.7 Å². The van der Waals surface area contributed by atoms with Gasteiger partial charge in [0.05, 0.1) is 11.3 Å². The minimum Gasteiger partial charge on any atom is -0.449 e. The Morgan fingerprint density at radius 3 is 2.22 bits per heavy atom. The van der Waals surface area contributed by atoms with Crippen LogP contribution in [0.4, 0.5) is 27.6 Å². The van der Waals surface area contributed by atoms with Gasteiger partial charge in [0.1, 0.15) is 17.7 Å². The molecule has 1 N–H and O–H groups in total. The molecule has 0 radical (unpaired) electrons. The molecule has 2 rings (SSSR count). The molecule has 0 atom stereocenters. The first kappa shape index (κ1) is 19.7. The molecule has 0 fully saturated rings. The highest BCUT2D eigenvalue weighted by atomic mass is 19.4. The maximum atomic E-state index is 14.0. The zero-order valence-electron chi connectivity index (χ0n) is 13.7. The van der Waals surface area contributed by atoms with Crippen LogP contribution in [0.1, 0.15) is 11.1 Å². The van der Waals surface area contributed by atoms with Crippen molar-refractivity contribution in [1.82, 2.24) is 0 Å². The molecule has 2 aromatic rings. The lowest BCUT2D eigenvalue weighted by Gasteiger charge is -2.15. The van der Waals surface area contributed by atoms with Gasteiger partial charge in [-0.3, -0.25) is 0 Å². The predicted molar refractivity (Wildman–Crippen MR) is 85.5 cm³/mol. The third-order valence-corrected chi connectivity index (χ3v) is 3.37. The third kappa shape index (κ3) is 4.53. The van der Waals surface area contributed by atoms with E-state index in [2.05, 4.69) is 5.32 Å². The zero-order valence-corrected chi connectivity index (χ0v) is 13.7. The van der Waals surface area contributed by atoms with Crippen LogP contribution < -0.4 is 10.1 Å². The summed E-state index contributed by atoms with van der Waals surface area (Å²) in [4.78, 5) is 0. The molecule has 0 aromatic heterocycles. The molecular formula is C18H10F5N3O. The van der Waals surface area contributed by atoms with Crippen LogP contribution in [0.3, 0.4) is 0 Å². The monoisotopic (exact) mass is 379 g/mol. The first-order valence-corrected chi connectivity index (χ1v) is 7.28. The van der Waals surface area contributed by atoms with Gasteiger partial charge < -0.3 is 10.1 Å². The van der Waals surface area contributed by atoms with Crippen LogP contribution in [0, 0.1) is 41.2 Å². The second-order valence-electron chi connectivity index (χ2n) is 5.24. The van der Waals surface area contributed by atoms with E-state index in [4.69, 9.17) is 15.3 Å². The number of allylic oxidation sites excluding steroid dienone is 1. The SMILES string of the molecule is Cc1cccc(Oc2c(F)cc(C(F)(F)F)cc2F)c1NC=C(C#N)C#N. The zero-order chi connectivity index (χ0) is 20.2. The minimum atomic E-state index is -4.91. The number of rotatable bonds is 4. The second kappa shape index (κ2) is 7.75. The van der Waals surface area contributed by atoms with Gasteiger partial charge in [0.2, 0.25) is 0 Å². The number of aryl methyl sites for hydroxylation is 1. The normalized spacial score (nSPS) is 10.5. The summed E-state index contributed by atoms with van der Waals surface area (Å²) in [5, 5.41) is 20.1. The van der Waals surface area contributed by atoms with Gasteiger partial charge in [0, 0.05) is 6.20 Å². The number of hydrogen-bond acceptors (Lipinski definition) is 4. The van der Waals surface area contributed by atoms with E-state index < -0.39 is 29.1 Å². The molecule has 138 valence electrons. The quantitative estimate of drug-likeness (QED) is 0.568. The molecule has 2 aromatic carbocycles. The van der Waals surface area contributed by atoms with Crippen LogP contribution in [-0.2, 0) is 6.18 Å². The highest BCUT2D eigenvalue weighted by Crippen LogP contribution is 2.38. The van der Waals surface area contributed by atoms with Crippen molar-refractivity contribution in [2.45, 2.75) is 13.1 Å². The third-order valence-electron chi connectivity index (χ3n) is 3.37. The molecule has 4 nitrogen and oxygen atoms in total. The number of nitriles is 2. The lowest BCUT2D eigenvalue weighted by Crippen LogP contribution is -2.07. The molecular weight excluding hydrogens is 369 g/mol. The molecule has 0 aliphatic rings. The van der Waals surface area contributed by atoms with E-state index in [1.807, 2.05) is 0 Å². The standard InChI is InChI=1S/C18H10F5N3O/c1-10-3-2-4-15(16(10)26-9-11(7-24)8-25)27-17-13(19)5-12(6-14(17)20)18(21,22)23/h2-6,9,26H,1H3. The fraction of sp³-hybridized carbons (Fsp3) is 0.111. The Balaban J connectivity index is 2.45. The molecule has 0 spiro atoms. The average Bonchev–Trinajstić information content (AvgIpc) is 2.59. The number of nitrogens with zero attached hydrogens (tertiary/aromatic N) is 2. The van der Waals surface area contributed by atoms with Crippen molar-refractivity contribution in [3.63, 3.8) is 0 Å². The Hall–Kier alpha value is -3.59. The second-order valence-corrected chi connectivity index (χ2v) is 5.24. The molecule has 0 bridgehead atoms. The summed E-state index contributed by atoms with van der Waals surface area (Å²) in [7, 11) is 0. The maximum Gasteiger partial charge on any atom is 0.416 e. The Morgan fingerprint density at radius 1 is 1.11 bits per heavy atom. The van der Waals surface area contributed by atoms with Crippen LogP contribution >= 0.6 is 0 Å². The lowest BCUT2D eigenvalue weighted by molar-refractivity contribution is -0.138. The van der Waals surface area contributed by atoms with Gasteiger partial charge >= 0.3 is 6.18 Å². The molecule has 0 heterocycles. The van der Waals surface area contributed by atoms with E-state index in [-0.39, 0.29) is 29.1 Å². The summed E-state index contributed by atoms with van der Waals surface area (Å²) in [6, 6.07) is 7.92. The summed E-state index contributed by atoms with van der Waals surface area (Å²) in [6.07, 6.45) is -3.85. The number of anilines is 1. The highest BCUT2D eigenvalue weighted by molar-refractivity contribution is 5.65. The van der Waals surface area contributed by atoms with Crippen molar-refractivity contribution in [3.05, 3.63) is 64.9 Å². The van der Waals surface area contributed by atoms with Gasteiger partial charge in [-0.05, 0) is 30.7 Å². The summed E-state index contributed by atoms with van der Waals surface area (Å²) < 4.78 is 71.0. The van der Waals surface area contributed by atoms with Crippen LogP contribution in [-0.4, -0.2) is 0 Å². The van der Waals surface area contributed by atoms with Crippen LogP contribution in [0.2, 0.25) is 0 Å². The van der Waals surface area contributed by atoms with Crippen molar-refractivity contribution in [1.29, 1.82) is 10.5 Å². The number of hydrogen-bond donors (Lipinski definition) is 1. The molecule has 0 aliphatic carbocycles. The lowest BCUT2D eigenvalue weighted by atomic mass is 10.1. The Morgan fingerprint density at radius 2 is 1.70 bits per heavy atom. The van der Waals surface area contributed by atoms with Crippen molar-refractivity contribution in [2.75, 3.05) is 5.32 Å². The van der Waals surface area contributed by atoms with Gasteiger partial charge in [-0.1, -0.05) is 12.1 Å². The Labute approximate surface area is 150 Å². The summed E-state index contributed by atoms with van der Waals surface area (Å²) in [5.41, 5.74) is -1.04. The number of para-hydroxylation sites is 1. The van der Waals surface area contributed by atoms with Crippen LogP contribution in [0.5, 0.6) is 11.5 Å². The van der Waals surface area contributed by atoms with Crippen molar-refractivity contribution >= 4 is 5.69 Å². The van der Waals surface area contributed by atoms with E-state index in [1.165, 1.54) is 12.1 Å². The Bertz CT molecular complexity index is 945. The molecule has 0 unspecified atom stereocenters. The van der Waals surface area contributed by atoms with Crippen molar-refractivity contribution in [3.8, 4) is 23.6 Å². The fourth-order valence-electron chi connectivity index (χ4n) is 2.08. The number of nitrogens with one attached hydrogen (secondary N) is 1. The highest BCUT2D eigenvalue weighted by Gasteiger charge is 2.33. The number of ether oxygens (including phenoxy) is 1. The number of benzene rings is 2.